The Morgan fingerprint density at radius 3 is 2.32 bits per heavy atom. The van der Waals surface area contributed by atoms with Crippen LogP contribution in [0.15, 0.2) is 40.1 Å². The van der Waals surface area contributed by atoms with Crippen LogP contribution in [-0.4, -0.2) is 23.1 Å². The van der Waals surface area contributed by atoms with E-state index in [0.717, 1.165) is 16.7 Å². The van der Waals surface area contributed by atoms with Crippen LogP contribution in [0.3, 0.4) is 0 Å². The number of halogens is 3. The first kappa shape index (κ1) is 18.1. The molecule has 3 heterocycles. The highest BCUT2D eigenvalue weighted by atomic mass is 19.4. The van der Waals surface area contributed by atoms with Gasteiger partial charge in [-0.25, -0.2) is 4.79 Å². The molecule has 0 aliphatic heterocycles. The maximum atomic E-state index is 12.8. The molecule has 0 radical (unpaired) electrons. The minimum Gasteiger partial charge on any atom is -0.283 e. The van der Waals surface area contributed by atoms with E-state index >= 15 is 0 Å². The van der Waals surface area contributed by atoms with Crippen LogP contribution in [0.5, 0.6) is 0 Å². The van der Waals surface area contributed by atoms with E-state index in [1.54, 1.807) is 29.0 Å². The normalized spacial score (nSPS) is 12.4. The van der Waals surface area contributed by atoms with Crippen molar-refractivity contribution in [1.29, 1.82) is 0 Å². The summed E-state index contributed by atoms with van der Waals surface area (Å²) in [5.41, 5.74) is -0.0739. The number of nitrogens with zero attached hydrogens (tertiary/aromatic N) is 5. The van der Waals surface area contributed by atoms with Crippen molar-refractivity contribution >= 4 is 16.9 Å². The summed E-state index contributed by atoms with van der Waals surface area (Å²) in [6.45, 7) is 3.68. The molecule has 0 saturated carbocycles. The molecular formula is C18H16F3N5O2. The standard InChI is InChI=1S/C18H16F3N5O2/c1-4-24-15(27)13-14(23(3)17(24)28)22-16-25(13)9-10(2)26(16)12-7-5-11(6-8-12)18(19,20)21/h5-9H,4H2,1-3H3. The average Bonchev–Trinajstić information content (AvgIpc) is 3.14. The van der Waals surface area contributed by atoms with E-state index < -0.39 is 23.0 Å². The lowest BCUT2D eigenvalue weighted by Gasteiger charge is -2.09. The Morgan fingerprint density at radius 1 is 1.11 bits per heavy atom. The summed E-state index contributed by atoms with van der Waals surface area (Å²) in [7, 11) is 1.53. The maximum absolute atomic E-state index is 12.8. The van der Waals surface area contributed by atoms with Crippen molar-refractivity contribution in [2.75, 3.05) is 0 Å². The van der Waals surface area contributed by atoms with Gasteiger partial charge in [-0.2, -0.15) is 18.2 Å². The van der Waals surface area contributed by atoms with Gasteiger partial charge in [0.25, 0.3) is 5.56 Å². The molecule has 0 saturated heterocycles. The highest BCUT2D eigenvalue weighted by molar-refractivity contribution is 5.76. The van der Waals surface area contributed by atoms with Crippen molar-refractivity contribution in [3.05, 3.63) is 62.6 Å². The summed E-state index contributed by atoms with van der Waals surface area (Å²) in [6, 6.07) is 4.68. The number of imidazole rings is 2. The third-order valence-corrected chi connectivity index (χ3v) is 4.80. The van der Waals surface area contributed by atoms with Gasteiger partial charge in [0.2, 0.25) is 5.78 Å². The predicted molar refractivity (Wildman–Crippen MR) is 96.9 cm³/mol. The van der Waals surface area contributed by atoms with Gasteiger partial charge in [-0.15, -0.1) is 0 Å². The number of aromatic nitrogens is 5. The number of rotatable bonds is 2. The SMILES string of the molecule is CCn1c(=O)c2c(nc3n(-c4ccc(C(F)(F)F)cc4)c(C)cn23)n(C)c1=O. The van der Waals surface area contributed by atoms with Crippen molar-refractivity contribution in [3.8, 4) is 5.69 Å². The molecule has 0 atom stereocenters. The van der Waals surface area contributed by atoms with Gasteiger partial charge in [0, 0.05) is 31.2 Å². The highest BCUT2D eigenvalue weighted by Crippen LogP contribution is 2.30. The first-order chi connectivity index (χ1) is 13.1. The van der Waals surface area contributed by atoms with E-state index in [-0.39, 0.29) is 17.7 Å². The van der Waals surface area contributed by atoms with Gasteiger partial charge in [-0.1, -0.05) is 0 Å². The van der Waals surface area contributed by atoms with Gasteiger partial charge < -0.3 is 0 Å². The summed E-state index contributed by atoms with van der Waals surface area (Å²) in [4.78, 5) is 29.6. The van der Waals surface area contributed by atoms with Crippen LogP contribution in [0.25, 0.3) is 22.6 Å². The zero-order valence-electron chi connectivity index (χ0n) is 15.3. The third-order valence-electron chi connectivity index (χ3n) is 4.80. The summed E-state index contributed by atoms with van der Waals surface area (Å²) in [6.07, 6.45) is -2.75. The van der Waals surface area contributed by atoms with Crippen molar-refractivity contribution in [3.63, 3.8) is 0 Å². The van der Waals surface area contributed by atoms with E-state index in [1.807, 2.05) is 0 Å². The number of aryl methyl sites for hydroxylation is 2. The molecule has 4 rings (SSSR count). The summed E-state index contributed by atoms with van der Waals surface area (Å²) >= 11 is 0. The number of fused-ring (bicyclic) bond motifs is 3. The molecule has 7 nitrogen and oxygen atoms in total. The third kappa shape index (κ3) is 2.40. The van der Waals surface area contributed by atoms with Gasteiger partial charge in [0.1, 0.15) is 0 Å². The van der Waals surface area contributed by atoms with Crippen LogP contribution in [0.2, 0.25) is 0 Å². The maximum Gasteiger partial charge on any atom is 0.416 e. The smallest absolute Gasteiger partial charge is 0.283 e. The first-order valence-electron chi connectivity index (χ1n) is 8.52. The van der Waals surface area contributed by atoms with Gasteiger partial charge in [0.05, 0.1) is 5.56 Å². The quantitative estimate of drug-likeness (QED) is 0.527. The fourth-order valence-corrected chi connectivity index (χ4v) is 3.41. The van der Waals surface area contributed by atoms with E-state index in [0.29, 0.717) is 17.2 Å². The van der Waals surface area contributed by atoms with Gasteiger partial charge in [-0.3, -0.25) is 22.9 Å². The van der Waals surface area contributed by atoms with Crippen LogP contribution >= 0.6 is 0 Å². The summed E-state index contributed by atoms with van der Waals surface area (Å²) < 4.78 is 44.1. The zero-order chi connectivity index (χ0) is 20.4. The molecule has 0 spiro atoms. The van der Waals surface area contributed by atoms with Crippen molar-refractivity contribution in [2.24, 2.45) is 7.05 Å². The molecule has 0 aliphatic carbocycles. The summed E-state index contributed by atoms with van der Waals surface area (Å²) in [5.74, 6) is 0.341. The van der Waals surface area contributed by atoms with Crippen LogP contribution in [0, 0.1) is 6.92 Å². The van der Waals surface area contributed by atoms with Crippen LogP contribution < -0.4 is 11.2 Å². The minimum atomic E-state index is -4.43. The van der Waals surface area contributed by atoms with E-state index in [4.69, 9.17) is 0 Å². The molecule has 0 aliphatic rings. The number of alkyl halides is 3. The van der Waals surface area contributed by atoms with E-state index in [9.17, 15) is 22.8 Å². The van der Waals surface area contributed by atoms with Crippen LogP contribution in [0.1, 0.15) is 18.2 Å². The predicted octanol–water partition coefficient (Wildman–Crippen LogP) is 2.49. The molecule has 10 heteroatoms. The largest absolute Gasteiger partial charge is 0.416 e. The van der Waals surface area contributed by atoms with Gasteiger partial charge in [-0.05, 0) is 38.1 Å². The zero-order valence-corrected chi connectivity index (χ0v) is 15.3. The van der Waals surface area contributed by atoms with E-state index in [2.05, 4.69) is 4.98 Å². The lowest BCUT2D eigenvalue weighted by molar-refractivity contribution is -0.137. The Morgan fingerprint density at radius 2 is 1.75 bits per heavy atom. The minimum absolute atomic E-state index is 0.216. The molecule has 0 fully saturated rings. The fraction of sp³-hybridized carbons (Fsp3) is 0.278. The Kier molecular flexibility index (Phi) is 3.78. The first-order valence-corrected chi connectivity index (χ1v) is 8.52. The monoisotopic (exact) mass is 391 g/mol. The van der Waals surface area contributed by atoms with Crippen LogP contribution in [0.4, 0.5) is 13.2 Å². The van der Waals surface area contributed by atoms with Gasteiger partial charge >= 0.3 is 11.9 Å². The molecule has 0 N–H and O–H groups in total. The molecule has 1 aromatic carbocycles. The molecule has 0 bridgehead atoms. The number of hydrogen-bond donors (Lipinski definition) is 0. The van der Waals surface area contributed by atoms with Crippen molar-refractivity contribution < 1.29 is 13.2 Å². The number of benzene rings is 1. The van der Waals surface area contributed by atoms with Crippen molar-refractivity contribution in [1.82, 2.24) is 23.1 Å². The Bertz CT molecular complexity index is 1340. The summed E-state index contributed by atoms with van der Waals surface area (Å²) in [5, 5.41) is 0. The van der Waals surface area contributed by atoms with Crippen LogP contribution in [-0.2, 0) is 19.8 Å². The highest BCUT2D eigenvalue weighted by Gasteiger charge is 2.30. The topological polar surface area (TPSA) is 66.2 Å². The van der Waals surface area contributed by atoms with Gasteiger partial charge in [0.15, 0.2) is 11.2 Å². The molecule has 3 aromatic heterocycles. The average molecular weight is 391 g/mol. The molecule has 28 heavy (non-hydrogen) atoms. The molecule has 4 aromatic rings. The second kappa shape index (κ2) is 5.85. The Hall–Kier alpha value is -3.30. The molecule has 146 valence electrons. The Labute approximate surface area is 155 Å². The second-order valence-electron chi connectivity index (χ2n) is 6.50. The molecule has 0 unspecified atom stereocenters. The van der Waals surface area contributed by atoms with Crippen molar-refractivity contribution in [2.45, 2.75) is 26.6 Å². The molecule has 0 amide bonds. The fourth-order valence-electron chi connectivity index (χ4n) is 3.41. The second-order valence-corrected chi connectivity index (χ2v) is 6.50. The Balaban J connectivity index is 2.04. The lowest BCUT2D eigenvalue weighted by Crippen LogP contribution is -2.38. The van der Waals surface area contributed by atoms with E-state index in [1.165, 1.54) is 23.7 Å². The lowest BCUT2D eigenvalue weighted by atomic mass is 10.2. The number of hydrogen-bond acceptors (Lipinski definition) is 3. The molecular weight excluding hydrogens is 375 g/mol.